The highest BCUT2D eigenvalue weighted by Crippen LogP contribution is 2.26. The van der Waals surface area contributed by atoms with Crippen LogP contribution in [-0.2, 0) is 11.3 Å². The number of anilines is 2. The van der Waals surface area contributed by atoms with Crippen molar-refractivity contribution in [3.63, 3.8) is 0 Å². The minimum absolute atomic E-state index is 0.189. The van der Waals surface area contributed by atoms with E-state index in [4.69, 9.17) is 15.9 Å². The Hall–Kier alpha value is -3.68. The number of nitrogen functional groups attached to an aromatic ring is 1. The molecule has 0 aliphatic carbocycles. The van der Waals surface area contributed by atoms with Crippen LogP contribution in [0.15, 0.2) is 72.8 Å². The van der Waals surface area contributed by atoms with Crippen molar-refractivity contribution in [3.8, 4) is 0 Å². The molecule has 4 N–H and O–H groups in total. The molecule has 212 valence electrons. The van der Waals surface area contributed by atoms with Gasteiger partial charge in [-0.2, -0.15) is 0 Å². The number of amides is 1. The third kappa shape index (κ3) is 8.16. The molecule has 0 unspecified atom stereocenters. The highest BCUT2D eigenvalue weighted by atomic mass is 16.5. The van der Waals surface area contributed by atoms with E-state index in [-0.39, 0.29) is 5.91 Å². The summed E-state index contributed by atoms with van der Waals surface area (Å²) in [5.74, 6) is -0.189. The van der Waals surface area contributed by atoms with Gasteiger partial charge in [0.25, 0.3) is 5.91 Å². The molecule has 0 bridgehead atoms. The lowest BCUT2D eigenvalue weighted by molar-refractivity contribution is 0.0105. The maximum absolute atomic E-state index is 12.7. The Labute approximate surface area is 238 Å². The van der Waals surface area contributed by atoms with Crippen molar-refractivity contribution in [3.05, 3.63) is 95.1 Å². The SMILES string of the molecule is CC(C)(C)C.N=C(c1ccc(N2CC(N3CCOCC3)C2)cc1)c1cc(C(=O)NCc2ccccc2)ccc1N. The second-order valence-corrected chi connectivity index (χ2v) is 12.1. The van der Waals surface area contributed by atoms with Crippen LogP contribution in [0.1, 0.15) is 54.7 Å². The van der Waals surface area contributed by atoms with Gasteiger partial charge in [0.1, 0.15) is 0 Å². The Morgan fingerprint density at radius 1 is 0.950 bits per heavy atom. The van der Waals surface area contributed by atoms with E-state index in [1.807, 2.05) is 42.5 Å². The van der Waals surface area contributed by atoms with E-state index in [1.165, 1.54) is 0 Å². The number of carbonyl (C=O) groups is 1. The summed E-state index contributed by atoms with van der Waals surface area (Å²) in [6.45, 7) is 14.9. The van der Waals surface area contributed by atoms with Gasteiger partial charge in [0, 0.05) is 66.8 Å². The molecule has 2 saturated heterocycles. The lowest BCUT2D eigenvalue weighted by atomic mass is 9.97. The molecular weight excluding hydrogens is 498 g/mol. The molecule has 7 nitrogen and oxygen atoms in total. The summed E-state index contributed by atoms with van der Waals surface area (Å²) in [5, 5.41) is 11.7. The number of hydrogen-bond acceptors (Lipinski definition) is 6. The summed E-state index contributed by atoms with van der Waals surface area (Å²) in [6.07, 6.45) is 0. The lowest BCUT2D eigenvalue weighted by Crippen LogP contribution is -2.61. The fourth-order valence-electron chi connectivity index (χ4n) is 4.63. The van der Waals surface area contributed by atoms with E-state index in [1.54, 1.807) is 18.2 Å². The molecule has 5 rings (SSSR count). The largest absolute Gasteiger partial charge is 0.398 e. The van der Waals surface area contributed by atoms with Gasteiger partial charge in [0.15, 0.2) is 0 Å². The zero-order chi connectivity index (χ0) is 28.7. The predicted molar refractivity (Wildman–Crippen MR) is 164 cm³/mol. The molecule has 3 aromatic carbocycles. The number of ether oxygens (including phenoxy) is 1. The monoisotopic (exact) mass is 541 g/mol. The molecule has 40 heavy (non-hydrogen) atoms. The van der Waals surface area contributed by atoms with E-state index in [9.17, 15) is 4.79 Å². The van der Waals surface area contributed by atoms with E-state index >= 15 is 0 Å². The molecular formula is C33H43N5O2. The van der Waals surface area contributed by atoms with Crippen LogP contribution < -0.4 is 16.0 Å². The third-order valence-corrected chi connectivity index (χ3v) is 6.83. The van der Waals surface area contributed by atoms with Crippen LogP contribution in [0.25, 0.3) is 0 Å². The van der Waals surface area contributed by atoms with Crippen molar-refractivity contribution in [1.82, 2.24) is 10.2 Å². The Morgan fingerprint density at radius 2 is 1.55 bits per heavy atom. The fraction of sp³-hybridized carbons (Fsp3) is 0.394. The minimum Gasteiger partial charge on any atom is -0.398 e. The summed E-state index contributed by atoms with van der Waals surface area (Å²) in [5.41, 5.74) is 11.5. The molecule has 2 fully saturated rings. The number of morpholine rings is 1. The van der Waals surface area contributed by atoms with Gasteiger partial charge >= 0.3 is 0 Å². The molecule has 3 aromatic rings. The molecule has 0 radical (unpaired) electrons. The Morgan fingerprint density at radius 3 is 2.17 bits per heavy atom. The van der Waals surface area contributed by atoms with Crippen LogP contribution in [0.4, 0.5) is 11.4 Å². The lowest BCUT2D eigenvalue weighted by Gasteiger charge is -2.47. The fourth-order valence-corrected chi connectivity index (χ4v) is 4.63. The van der Waals surface area contributed by atoms with Crippen LogP contribution in [-0.4, -0.2) is 62.0 Å². The zero-order valence-corrected chi connectivity index (χ0v) is 24.2. The van der Waals surface area contributed by atoms with Crippen LogP contribution in [0.3, 0.4) is 0 Å². The standard InChI is InChI=1S/C28H31N5O2.C5H12/c29-26-11-8-22(28(34)31-17-20-4-2-1-3-5-20)16-25(26)27(30)21-6-9-23(10-7-21)33-18-24(19-33)32-12-14-35-15-13-32;1-5(2,3)4/h1-11,16,24,30H,12-15,17-19,29H2,(H,31,34);1-4H3. The smallest absolute Gasteiger partial charge is 0.251 e. The molecule has 2 heterocycles. The molecule has 0 atom stereocenters. The van der Waals surface area contributed by atoms with Gasteiger partial charge in [0.05, 0.1) is 18.9 Å². The van der Waals surface area contributed by atoms with Crippen molar-refractivity contribution in [2.24, 2.45) is 5.41 Å². The number of nitrogens with two attached hydrogens (primary N) is 1. The van der Waals surface area contributed by atoms with Crippen molar-refractivity contribution >= 4 is 23.0 Å². The Balaban J connectivity index is 0.000000681. The first kappa shape index (κ1) is 29.3. The molecule has 1 amide bonds. The number of benzene rings is 3. The first-order valence-corrected chi connectivity index (χ1v) is 14.1. The molecule has 0 spiro atoms. The van der Waals surface area contributed by atoms with E-state index in [0.29, 0.717) is 40.5 Å². The maximum Gasteiger partial charge on any atom is 0.251 e. The van der Waals surface area contributed by atoms with Crippen LogP contribution in [0, 0.1) is 10.8 Å². The number of carbonyl (C=O) groups excluding carboxylic acids is 1. The highest BCUT2D eigenvalue weighted by Gasteiger charge is 2.32. The zero-order valence-electron chi connectivity index (χ0n) is 24.2. The molecule has 2 aliphatic rings. The topological polar surface area (TPSA) is 94.7 Å². The van der Waals surface area contributed by atoms with Gasteiger partial charge in [-0.3, -0.25) is 15.1 Å². The van der Waals surface area contributed by atoms with Gasteiger partial charge in [-0.15, -0.1) is 0 Å². The summed E-state index contributed by atoms with van der Waals surface area (Å²) >= 11 is 0. The molecule has 0 aromatic heterocycles. The van der Waals surface area contributed by atoms with Gasteiger partial charge in [-0.05, 0) is 41.3 Å². The summed E-state index contributed by atoms with van der Waals surface area (Å²) in [4.78, 5) is 17.6. The van der Waals surface area contributed by atoms with Crippen molar-refractivity contribution in [1.29, 1.82) is 5.41 Å². The van der Waals surface area contributed by atoms with Gasteiger partial charge < -0.3 is 20.7 Å². The first-order valence-electron chi connectivity index (χ1n) is 14.1. The average molecular weight is 542 g/mol. The van der Waals surface area contributed by atoms with E-state index in [0.717, 1.165) is 56.2 Å². The predicted octanol–water partition coefficient (Wildman–Crippen LogP) is 5.19. The summed E-state index contributed by atoms with van der Waals surface area (Å²) < 4.78 is 5.45. The number of nitrogens with one attached hydrogen (secondary N) is 2. The average Bonchev–Trinajstić information content (AvgIpc) is 2.91. The highest BCUT2D eigenvalue weighted by molar-refractivity contribution is 6.15. The number of hydrogen-bond donors (Lipinski definition) is 3. The first-order chi connectivity index (χ1) is 19.1. The summed E-state index contributed by atoms with van der Waals surface area (Å²) in [6, 6.07) is 23.5. The van der Waals surface area contributed by atoms with E-state index < -0.39 is 0 Å². The van der Waals surface area contributed by atoms with Crippen LogP contribution in [0.5, 0.6) is 0 Å². The molecule has 0 saturated carbocycles. The number of rotatable bonds is 7. The van der Waals surface area contributed by atoms with Crippen molar-refractivity contribution < 1.29 is 9.53 Å². The van der Waals surface area contributed by atoms with Gasteiger partial charge in [-0.25, -0.2) is 0 Å². The third-order valence-electron chi connectivity index (χ3n) is 6.83. The minimum atomic E-state index is -0.189. The normalized spacial score (nSPS) is 15.9. The van der Waals surface area contributed by atoms with Gasteiger partial charge in [-0.1, -0.05) is 70.2 Å². The van der Waals surface area contributed by atoms with Crippen LogP contribution >= 0.6 is 0 Å². The second-order valence-electron chi connectivity index (χ2n) is 12.1. The van der Waals surface area contributed by atoms with Gasteiger partial charge in [0.2, 0.25) is 0 Å². The number of nitrogens with zero attached hydrogens (tertiary/aromatic N) is 2. The van der Waals surface area contributed by atoms with E-state index in [2.05, 4.69) is 54.9 Å². The quantitative estimate of drug-likeness (QED) is 0.283. The maximum atomic E-state index is 12.7. The Bertz CT molecular complexity index is 1270. The second kappa shape index (κ2) is 13.1. The van der Waals surface area contributed by atoms with Crippen molar-refractivity contribution in [2.45, 2.75) is 40.3 Å². The van der Waals surface area contributed by atoms with Crippen LogP contribution in [0.2, 0.25) is 0 Å². The molecule has 2 aliphatic heterocycles. The van der Waals surface area contributed by atoms with Crippen molar-refractivity contribution in [2.75, 3.05) is 50.0 Å². The molecule has 7 heteroatoms. The summed E-state index contributed by atoms with van der Waals surface area (Å²) in [7, 11) is 0. The Kier molecular flexibility index (Phi) is 9.61.